The molecule has 10 heteroatoms. The summed E-state index contributed by atoms with van der Waals surface area (Å²) in [5, 5.41) is 2.16. The van der Waals surface area contributed by atoms with E-state index >= 15 is 0 Å². The smallest absolute Gasteiger partial charge is 0.292 e. The van der Waals surface area contributed by atoms with Gasteiger partial charge in [-0.2, -0.15) is 5.16 Å². The number of likely N-dealkylation sites (tertiary alicyclic amines) is 1. The standard InChI is InChI=1S/C19H19N5O4S/c20-16-10-21-12(9-22-16)15-7-11-14(29-15)1-6-27-19(11)2-4-24(5-3-19)18(26)13-8-17(25)23-28-13/h7-10H,1-6H2,(H2,20,22)(H,23,25). The molecule has 1 fully saturated rings. The van der Waals surface area contributed by atoms with Crippen molar-refractivity contribution < 1.29 is 14.1 Å². The number of H-pyrrole nitrogens is 1. The van der Waals surface area contributed by atoms with E-state index in [1.165, 1.54) is 16.5 Å². The Kier molecular flexibility index (Phi) is 4.25. The monoisotopic (exact) mass is 413 g/mol. The molecule has 0 aromatic carbocycles. The first-order valence-electron chi connectivity index (χ1n) is 9.37. The minimum absolute atomic E-state index is 0.0379. The van der Waals surface area contributed by atoms with Crippen LogP contribution in [0.1, 0.15) is 33.8 Å². The summed E-state index contributed by atoms with van der Waals surface area (Å²) in [5.74, 6) is 0.151. The number of ether oxygens (including phenoxy) is 1. The summed E-state index contributed by atoms with van der Waals surface area (Å²) in [6.45, 7) is 1.71. The van der Waals surface area contributed by atoms with Crippen LogP contribution in [0.25, 0.3) is 10.6 Å². The number of anilines is 1. The summed E-state index contributed by atoms with van der Waals surface area (Å²) in [4.78, 5) is 36.4. The van der Waals surface area contributed by atoms with Gasteiger partial charge < -0.3 is 19.9 Å². The highest BCUT2D eigenvalue weighted by Crippen LogP contribution is 2.46. The molecule has 1 saturated heterocycles. The molecule has 150 valence electrons. The maximum Gasteiger partial charge on any atom is 0.292 e. The number of carbonyl (C=O) groups excluding carboxylic acids is 1. The van der Waals surface area contributed by atoms with Crippen molar-refractivity contribution in [1.82, 2.24) is 20.0 Å². The summed E-state index contributed by atoms with van der Waals surface area (Å²) in [7, 11) is 0. The van der Waals surface area contributed by atoms with Gasteiger partial charge in [-0.15, -0.1) is 11.3 Å². The molecule has 1 amide bonds. The van der Waals surface area contributed by atoms with Crippen LogP contribution in [-0.2, 0) is 16.8 Å². The average Bonchev–Trinajstić information content (AvgIpc) is 3.36. The van der Waals surface area contributed by atoms with Crippen molar-refractivity contribution in [3.63, 3.8) is 0 Å². The van der Waals surface area contributed by atoms with Crippen LogP contribution in [-0.4, -0.2) is 45.6 Å². The van der Waals surface area contributed by atoms with E-state index in [0.717, 1.165) is 17.0 Å². The number of aromatic amines is 1. The normalized spacial score (nSPS) is 18.0. The Labute approximate surface area is 169 Å². The molecule has 29 heavy (non-hydrogen) atoms. The average molecular weight is 413 g/mol. The molecule has 0 unspecified atom stereocenters. The zero-order valence-corrected chi connectivity index (χ0v) is 16.3. The number of thiophene rings is 1. The van der Waals surface area contributed by atoms with E-state index in [2.05, 4.69) is 21.2 Å². The van der Waals surface area contributed by atoms with Crippen molar-refractivity contribution in [1.29, 1.82) is 0 Å². The van der Waals surface area contributed by atoms with E-state index < -0.39 is 11.2 Å². The maximum absolute atomic E-state index is 12.6. The van der Waals surface area contributed by atoms with Gasteiger partial charge >= 0.3 is 0 Å². The third-order valence-corrected chi connectivity index (χ3v) is 6.74. The number of fused-ring (bicyclic) bond motifs is 2. The van der Waals surface area contributed by atoms with Crippen molar-refractivity contribution in [3.8, 4) is 10.6 Å². The summed E-state index contributed by atoms with van der Waals surface area (Å²) in [6.07, 6.45) is 5.48. The number of hydrogen-bond donors (Lipinski definition) is 2. The minimum atomic E-state index is -0.418. The van der Waals surface area contributed by atoms with Crippen LogP contribution >= 0.6 is 11.3 Å². The van der Waals surface area contributed by atoms with Gasteiger partial charge in [0.1, 0.15) is 5.82 Å². The van der Waals surface area contributed by atoms with Crippen molar-refractivity contribution in [2.75, 3.05) is 25.4 Å². The van der Waals surface area contributed by atoms with Crippen molar-refractivity contribution in [3.05, 3.63) is 51.1 Å². The molecular formula is C19H19N5O4S. The lowest BCUT2D eigenvalue weighted by Crippen LogP contribution is -2.48. The topological polar surface area (TPSA) is 127 Å². The lowest BCUT2D eigenvalue weighted by molar-refractivity contribution is -0.0928. The molecule has 0 bridgehead atoms. The van der Waals surface area contributed by atoms with Gasteiger partial charge in [-0.1, -0.05) is 0 Å². The number of rotatable bonds is 2. The number of piperidine rings is 1. The molecule has 3 N–H and O–H groups in total. The molecular weight excluding hydrogens is 394 g/mol. The Morgan fingerprint density at radius 1 is 1.24 bits per heavy atom. The Morgan fingerprint density at radius 3 is 2.76 bits per heavy atom. The highest BCUT2D eigenvalue weighted by molar-refractivity contribution is 7.15. The first-order chi connectivity index (χ1) is 14.0. The lowest BCUT2D eigenvalue weighted by atomic mass is 9.82. The van der Waals surface area contributed by atoms with Crippen LogP contribution in [0.5, 0.6) is 0 Å². The summed E-state index contributed by atoms with van der Waals surface area (Å²) >= 11 is 1.71. The molecule has 2 aliphatic rings. The molecule has 9 nitrogen and oxygen atoms in total. The summed E-state index contributed by atoms with van der Waals surface area (Å²) in [5.41, 5.74) is 6.80. The number of nitrogens with zero attached hydrogens (tertiary/aromatic N) is 3. The van der Waals surface area contributed by atoms with Crippen LogP contribution < -0.4 is 11.3 Å². The summed E-state index contributed by atoms with van der Waals surface area (Å²) < 4.78 is 11.2. The first kappa shape index (κ1) is 18.1. The Balaban J connectivity index is 1.38. The molecule has 5 rings (SSSR count). The van der Waals surface area contributed by atoms with Crippen LogP contribution in [0.15, 0.2) is 33.8 Å². The minimum Gasteiger partial charge on any atom is -0.382 e. The second-order valence-corrected chi connectivity index (χ2v) is 8.37. The molecule has 3 aromatic rings. The van der Waals surface area contributed by atoms with E-state index in [1.54, 1.807) is 28.6 Å². The Hall–Kier alpha value is -2.98. The molecule has 0 aliphatic carbocycles. The number of aromatic nitrogens is 3. The van der Waals surface area contributed by atoms with Crippen LogP contribution in [0, 0.1) is 0 Å². The third-order valence-electron chi connectivity index (χ3n) is 5.52. The maximum atomic E-state index is 12.6. The largest absolute Gasteiger partial charge is 0.382 e. The molecule has 0 saturated carbocycles. The second kappa shape index (κ2) is 6.82. The molecule has 5 heterocycles. The fourth-order valence-electron chi connectivity index (χ4n) is 4.04. The number of nitrogens with two attached hydrogens (primary N) is 1. The highest BCUT2D eigenvalue weighted by atomic mass is 32.1. The van der Waals surface area contributed by atoms with Gasteiger partial charge in [0.25, 0.3) is 11.5 Å². The Morgan fingerprint density at radius 2 is 2.07 bits per heavy atom. The zero-order chi connectivity index (χ0) is 20.0. The van der Waals surface area contributed by atoms with Gasteiger partial charge in [-0.3, -0.25) is 9.59 Å². The number of nitrogens with one attached hydrogen (secondary N) is 1. The van der Waals surface area contributed by atoms with E-state index in [-0.39, 0.29) is 11.7 Å². The third kappa shape index (κ3) is 3.14. The zero-order valence-electron chi connectivity index (χ0n) is 15.5. The fourth-order valence-corrected chi connectivity index (χ4v) is 5.23. The van der Waals surface area contributed by atoms with Crippen molar-refractivity contribution >= 4 is 23.1 Å². The highest BCUT2D eigenvalue weighted by Gasteiger charge is 2.43. The van der Waals surface area contributed by atoms with Gasteiger partial charge in [0.15, 0.2) is 0 Å². The molecule has 1 spiro atoms. The number of hydrogen-bond acceptors (Lipinski definition) is 8. The predicted molar refractivity (Wildman–Crippen MR) is 106 cm³/mol. The number of carbonyl (C=O) groups is 1. The van der Waals surface area contributed by atoms with Crippen LogP contribution in [0.4, 0.5) is 5.82 Å². The van der Waals surface area contributed by atoms with Crippen molar-refractivity contribution in [2.45, 2.75) is 24.9 Å². The Bertz CT molecular complexity index is 1110. The molecule has 0 radical (unpaired) electrons. The van der Waals surface area contributed by atoms with E-state index in [0.29, 0.717) is 38.4 Å². The molecule has 2 aliphatic heterocycles. The molecule has 3 aromatic heterocycles. The van der Waals surface area contributed by atoms with Gasteiger partial charge in [0.05, 0.1) is 41.2 Å². The molecule has 0 atom stereocenters. The van der Waals surface area contributed by atoms with E-state index in [4.69, 9.17) is 15.0 Å². The van der Waals surface area contributed by atoms with Gasteiger partial charge in [-0.25, -0.2) is 9.97 Å². The quantitative estimate of drug-likeness (QED) is 0.655. The predicted octanol–water partition coefficient (Wildman–Crippen LogP) is 1.77. The van der Waals surface area contributed by atoms with Crippen LogP contribution in [0.3, 0.4) is 0 Å². The fraction of sp³-hybridized carbons (Fsp3) is 0.368. The SMILES string of the molecule is Nc1cnc(-c2cc3c(s2)CCOC32CCN(C(=O)c3cc(=O)[nH]o3)CC2)cn1. The second-order valence-electron chi connectivity index (χ2n) is 7.24. The number of amides is 1. The number of nitrogen functional groups attached to an aromatic ring is 1. The van der Waals surface area contributed by atoms with Gasteiger partial charge in [0.2, 0.25) is 5.76 Å². The van der Waals surface area contributed by atoms with Crippen molar-refractivity contribution in [2.24, 2.45) is 0 Å². The summed E-state index contributed by atoms with van der Waals surface area (Å²) in [6, 6.07) is 3.32. The van der Waals surface area contributed by atoms with E-state index in [9.17, 15) is 9.59 Å². The van der Waals surface area contributed by atoms with Gasteiger partial charge in [-0.05, 0) is 24.5 Å². The van der Waals surface area contributed by atoms with Gasteiger partial charge in [0, 0.05) is 24.4 Å². The lowest BCUT2D eigenvalue weighted by Gasteiger charge is -2.43. The van der Waals surface area contributed by atoms with E-state index in [1.807, 2.05) is 0 Å². The van der Waals surface area contributed by atoms with Crippen LogP contribution in [0.2, 0.25) is 0 Å². The first-order valence-corrected chi connectivity index (χ1v) is 10.2.